The maximum atomic E-state index is 12.9. The molecule has 0 radical (unpaired) electrons. The van der Waals surface area contributed by atoms with Gasteiger partial charge < -0.3 is 24.2 Å². The second-order valence-electron chi connectivity index (χ2n) is 20.1. The quantitative estimate of drug-likeness (QED) is 0.0197. The minimum Gasteiger partial charge on any atom is -0.461 e. The Morgan fingerprint density at radius 3 is 1.09 bits per heavy atom. The first-order valence-corrected chi connectivity index (χ1v) is 32.3. The number of unbranched alkanes of at least 4 members (excludes halogenated alkanes) is 22. The highest BCUT2D eigenvalue weighted by Gasteiger charge is 2.28. The van der Waals surface area contributed by atoms with Crippen LogP contribution in [0.1, 0.15) is 252 Å². The molecule has 0 aromatic heterocycles. The molecule has 0 rings (SSSR count). The molecule has 0 spiro atoms. The van der Waals surface area contributed by atoms with Crippen LogP contribution in [-0.4, -0.2) is 66.5 Å². The predicted octanol–water partition coefficient (Wildman–Crippen LogP) is 18.6. The van der Waals surface area contributed by atoms with Crippen molar-refractivity contribution in [3.63, 3.8) is 0 Å². The van der Waals surface area contributed by atoms with Gasteiger partial charge in [0.2, 0.25) is 0 Å². The zero-order valence-corrected chi connectivity index (χ0v) is 50.2. The third-order valence-electron chi connectivity index (χ3n) is 12.7. The van der Waals surface area contributed by atoms with E-state index in [0.717, 1.165) is 96.3 Å². The zero-order chi connectivity index (χ0) is 56.9. The molecule has 446 valence electrons. The summed E-state index contributed by atoms with van der Waals surface area (Å²) >= 11 is 0. The largest absolute Gasteiger partial charge is 0.472 e. The lowest BCUT2D eigenvalue weighted by Gasteiger charge is -2.21. The summed E-state index contributed by atoms with van der Waals surface area (Å²) in [7, 11) is -4.78. The summed E-state index contributed by atoms with van der Waals surface area (Å²) in [4.78, 5) is 48.6. The third kappa shape index (κ3) is 56.8. The predicted molar refractivity (Wildman–Crippen MR) is 325 cm³/mol. The number of carbonyl (C=O) groups is 3. The Morgan fingerprint density at radius 2 is 0.705 bits per heavy atom. The Bertz CT molecular complexity index is 1720. The molecule has 3 atom stereocenters. The Hall–Kier alpha value is -3.86. The number of phosphoric ester groups is 1. The van der Waals surface area contributed by atoms with Crippen LogP contribution in [-0.2, 0) is 42.2 Å². The first kappa shape index (κ1) is 74.1. The second kappa shape index (κ2) is 59.3. The SMILES string of the molecule is CC/C=C\C/C=C\C/C=C\C/C=C\C/C=C\CC(=O)OCC(COP(=O)(O)OCC(CO)OC(=O)CCCCCC/C=C\C/C=C\C/C=C\C/C=C\CC)OC(=O)CCCCCCCCCCCCCCCCCCCCC. The summed E-state index contributed by atoms with van der Waals surface area (Å²) in [5, 5.41) is 9.83. The van der Waals surface area contributed by atoms with Crippen LogP contribution in [0.2, 0.25) is 0 Å². The molecular formula is C66H111O11P. The highest BCUT2D eigenvalue weighted by Crippen LogP contribution is 2.43. The number of carbonyl (C=O) groups excluding carboxylic acids is 3. The molecule has 0 aromatic carbocycles. The number of aliphatic hydroxyl groups excluding tert-OH is 1. The Kier molecular flexibility index (Phi) is 56.3. The van der Waals surface area contributed by atoms with E-state index >= 15 is 0 Å². The van der Waals surface area contributed by atoms with Gasteiger partial charge in [0, 0.05) is 12.8 Å². The van der Waals surface area contributed by atoms with Crippen LogP contribution in [0.25, 0.3) is 0 Å². The molecule has 11 nitrogen and oxygen atoms in total. The van der Waals surface area contributed by atoms with Crippen LogP contribution in [0.3, 0.4) is 0 Å². The lowest BCUT2D eigenvalue weighted by Crippen LogP contribution is -2.30. The number of ether oxygens (including phenoxy) is 3. The van der Waals surface area contributed by atoms with Gasteiger partial charge in [-0.25, -0.2) is 4.57 Å². The number of aliphatic hydroxyl groups is 1. The van der Waals surface area contributed by atoms with Crippen LogP contribution in [0.4, 0.5) is 0 Å². The van der Waals surface area contributed by atoms with Crippen molar-refractivity contribution < 1.29 is 52.2 Å². The van der Waals surface area contributed by atoms with Gasteiger partial charge in [0.1, 0.15) is 12.7 Å². The molecule has 3 unspecified atom stereocenters. The van der Waals surface area contributed by atoms with Crippen molar-refractivity contribution in [2.75, 3.05) is 26.4 Å². The summed E-state index contributed by atoms with van der Waals surface area (Å²) < 4.78 is 39.5. The molecule has 0 aromatic rings. The lowest BCUT2D eigenvalue weighted by atomic mass is 10.0. The van der Waals surface area contributed by atoms with Crippen LogP contribution in [0.15, 0.2) is 109 Å². The van der Waals surface area contributed by atoms with Gasteiger partial charge in [0.05, 0.1) is 26.2 Å². The molecule has 2 N–H and O–H groups in total. The fourth-order valence-electron chi connectivity index (χ4n) is 8.13. The monoisotopic (exact) mass is 1110 g/mol. The van der Waals surface area contributed by atoms with Gasteiger partial charge >= 0.3 is 25.7 Å². The van der Waals surface area contributed by atoms with Crippen molar-refractivity contribution in [1.82, 2.24) is 0 Å². The van der Waals surface area contributed by atoms with Gasteiger partial charge in [-0.1, -0.05) is 259 Å². The van der Waals surface area contributed by atoms with E-state index in [0.29, 0.717) is 19.3 Å². The summed E-state index contributed by atoms with van der Waals surface area (Å²) in [6, 6.07) is 0. The number of hydrogen-bond donors (Lipinski definition) is 2. The van der Waals surface area contributed by atoms with Crippen molar-refractivity contribution in [2.45, 2.75) is 264 Å². The van der Waals surface area contributed by atoms with Crippen LogP contribution in [0.5, 0.6) is 0 Å². The summed E-state index contributed by atoms with van der Waals surface area (Å²) in [6.07, 6.45) is 72.2. The van der Waals surface area contributed by atoms with Gasteiger partial charge in [0.15, 0.2) is 6.10 Å². The maximum Gasteiger partial charge on any atom is 0.472 e. The number of phosphoric acid groups is 1. The third-order valence-corrected chi connectivity index (χ3v) is 13.7. The molecule has 12 heteroatoms. The van der Waals surface area contributed by atoms with Crippen molar-refractivity contribution >= 4 is 25.7 Å². The van der Waals surface area contributed by atoms with E-state index < -0.39 is 64.4 Å². The van der Waals surface area contributed by atoms with Gasteiger partial charge in [-0.05, 0) is 83.5 Å². The molecule has 0 aliphatic carbocycles. The highest BCUT2D eigenvalue weighted by atomic mass is 31.2. The van der Waals surface area contributed by atoms with Crippen LogP contribution < -0.4 is 0 Å². The van der Waals surface area contributed by atoms with Crippen LogP contribution >= 0.6 is 7.82 Å². The molecule has 0 aliphatic rings. The summed E-state index contributed by atoms with van der Waals surface area (Å²) in [5.41, 5.74) is 0. The van der Waals surface area contributed by atoms with E-state index in [9.17, 15) is 28.9 Å². The standard InChI is InChI=1S/C66H111O11P/c1-4-7-10-13-16-19-22-25-28-30-31-33-36-39-42-45-48-51-54-57-66(70)77-63(59-73-64(68)55-52-49-46-43-40-37-34-27-24-21-18-15-12-9-6-3)61-75-78(71,72)74-60-62(58-67)76-65(69)56-53-50-47-44-41-38-35-32-29-26-23-20-17-14-11-8-5-2/h8-9,11-12,17-18,20-21,26-27,29,34-35,38,40,43,49,52,62-63,67H,4-7,10,13-16,19,22-25,28,30-33,36-37,39,41-42,44-48,50-51,53-61H2,1-3H3,(H,71,72)/b11-8-,12-9-,20-17-,21-18-,29-26-,34-27-,38-35-,43-40-,52-49-. The topological polar surface area (TPSA) is 155 Å². The van der Waals surface area contributed by atoms with Crippen molar-refractivity contribution in [3.05, 3.63) is 109 Å². The second-order valence-corrected chi connectivity index (χ2v) is 21.6. The van der Waals surface area contributed by atoms with E-state index in [2.05, 4.69) is 112 Å². The van der Waals surface area contributed by atoms with Gasteiger partial charge in [0.25, 0.3) is 0 Å². The average Bonchev–Trinajstić information content (AvgIpc) is 3.43. The first-order valence-electron chi connectivity index (χ1n) is 30.8. The zero-order valence-electron chi connectivity index (χ0n) is 49.3. The van der Waals surface area contributed by atoms with Crippen molar-refractivity contribution in [1.29, 1.82) is 0 Å². The number of hydrogen-bond acceptors (Lipinski definition) is 10. The number of allylic oxidation sites excluding steroid dienone is 17. The fourth-order valence-corrected chi connectivity index (χ4v) is 8.91. The van der Waals surface area contributed by atoms with Gasteiger partial charge in [-0.2, -0.15) is 0 Å². The van der Waals surface area contributed by atoms with Crippen molar-refractivity contribution in [2.24, 2.45) is 0 Å². The van der Waals surface area contributed by atoms with E-state index in [-0.39, 0.29) is 19.3 Å². The van der Waals surface area contributed by atoms with E-state index in [1.807, 2.05) is 12.2 Å². The maximum absolute atomic E-state index is 12.9. The van der Waals surface area contributed by atoms with Gasteiger partial charge in [-0.3, -0.25) is 23.4 Å². The summed E-state index contributed by atoms with van der Waals surface area (Å²) in [6.45, 7) is 4.30. The fraction of sp³-hybridized carbons (Fsp3) is 0.682. The molecule has 0 amide bonds. The van der Waals surface area contributed by atoms with Crippen molar-refractivity contribution in [3.8, 4) is 0 Å². The Morgan fingerprint density at radius 1 is 0.385 bits per heavy atom. The van der Waals surface area contributed by atoms with Gasteiger partial charge in [-0.15, -0.1) is 0 Å². The van der Waals surface area contributed by atoms with E-state index in [1.54, 1.807) is 6.08 Å². The number of esters is 3. The Balaban J connectivity index is 4.80. The molecule has 0 fully saturated rings. The normalized spacial score (nSPS) is 14.1. The lowest BCUT2D eigenvalue weighted by molar-refractivity contribution is -0.161. The highest BCUT2D eigenvalue weighted by molar-refractivity contribution is 7.47. The number of rotatable bonds is 56. The van der Waals surface area contributed by atoms with Crippen LogP contribution in [0, 0.1) is 0 Å². The molecule has 0 saturated heterocycles. The molecule has 0 bridgehead atoms. The molecular weight excluding hydrogens is 1000 g/mol. The minimum atomic E-state index is -4.78. The average molecular weight is 1110 g/mol. The smallest absolute Gasteiger partial charge is 0.461 e. The Labute approximate surface area is 475 Å². The molecule has 78 heavy (non-hydrogen) atoms. The van der Waals surface area contributed by atoms with E-state index in [4.69, 9.17) is 23.3 Å². The molecule has 0 aliphatic heterocycles. The molecule has 0 saturated carbocycles. The van der Waals surface area contributed by atoms with E-state index in [1.165, 1.54) is 96.3 Å². The summed E-state index contributed by atoms with van der Waals surface area (Å²) in [5.74, 6) is -1.64. The first-order chi connectivity index (χ1) is 38.2. The minimum absolute atomic E-state index is 0.00996. The molecule has 0 heterocycles.